The summed E-state index contributed by atoms with van der Waals surface area (Å²) in [6.07, 6.45) is 9.09. The molecule has 0 aliphatic carbocycles. The average molecular weight is 236 g/mol. The Morgan fingerprint density at radius 2 is 2.29 bits per heavy atom. The van der Waals surface area contributed by atoms with Crippen LogP contribution in [-0.4, -0.2) is 37.6 Å². The minimum absolute atomic E-state index is 0.643. The molecule has 1 fully saturated rings. The van der Waals surface area contributed by atoms with Gasteiger partial charge >= 0.3 is 0 Å². The van der Waals surface area contributed by atoms with Crippen LogP contribution in [0.3, 0.4) is 0 Å². The van der Waals surface area contributed by atoms with E-state index in [1.54, 1.807) is 0 Å². The predicted octanol–water partition coefficient (Wildman–Crippen LogP) is 2.83. The quantitative estimate of drug-likeness (QED) is 0.713. The van der Waals surface area contributed by atoms with Crippen molar-refractivity contribution < 1.29 is 0 Å². The summed E-state index contributed by atoms with van der Waals surface area (Å²) in [4.78, 5) is 2.57. The zero-order valence-electron chi connectivity index (χ0n) is 11.9. The summed E-state index contributed by atoms with van der Waals surface area (Å²) in [6, 6.07) is 0.643. The molecule has 0 radical (unpaired) electrons. The third-order valence-electron chi connectivity index (χ3n) is 3.70. The lowest BCUT2D eigenvalue weighted by molar-refractivity contribution is 0.329. The van der Waals surface area contributed by atoms with E-state index in [1.807, 2.05) is 0 Å². The van der Waals surface area contributed by atoms with E-state index >= 15 is 0 Å². The molecule has 2 atom stereocenters. The van der Waals surface area contributed by atoms with Gasteiger partial charge in [0.25, 0.3) is 0 Å². The highest BCUT2D eigenvalue weighted by molar-refractivity contribution is 5.12. The second kappa shape index (κ2) is 7.67. The van der Waals surface area contributed by atoms with Gasteiger partial charge in [-0.1, -0.05) is 30.7 Å². The summed E-state index contributed by atoms with van der Waals surface area (Å²) >= 11 is 0. The fraction of sp³-hybridized carbons (Fsp3) is 0.733. The van der Waals surface area contributed by atoms with Crippen molar-refractivity contribution >= 4 is 0 Å². The molecular formula is C15H28N2. The smallest absolute Gasteiger partial charge is 0.0193 e. The fourth-order valence-corrected chi connectivity index (χ4v) is 2.42. The van der Waals surface area contributed by atoms with Gasteiger partial charge in [-0.25, -0.2) is 0 Å². The maximum atomic E-state index is 3.37. The molecule has 17 heavy (non-hydrogen) atoms. The maximum absolute atomic E-state index is 3.37. The molecule has 0 amide bonds. The predicted molar refractivity (Wildman–Crippen MR) is 76.3 cm³/mol. The Labute approximate surface area is 107 Å². The van der Waals surface area contributed by atoms with Crippen molar-refractivity contribution in [3.63, 3.8) is 0 Å². The molecule has 0 aromatic carbocycles. The highest BCUT2D eigenvalue weighted by Crippen LogP contribution is 2.20. The van der Waals surface area contributed by atoms with Gasteiger partial charge in [-0.05, 0) is 46.2 Å². The van der Waals surface area contributed by atoms with Gasteiger partial charge in [-0.2, -0.15) is 0 Å². The summed E-state index contributed by atoms with van der Waals surface area (Å²) in [5, 5.41) is 3.37. The molecule has 0 spiro atoms. The van der Waals surface area contributed by atoms with Crippen LogP contribution in [0.2, 0.25) is 0 Å². The summed E-state index contributed by atoms with van der Waals surface area (Å²) in [5.74, 6) is 0.819. The van der Waals surface area contributed by atoms with Crippen molar-refractivity contribution in [3.05, 3.63) is 23.8 Å². The van der Waals surface area contributed by atoms with Crippen LogP contribution in [0.1, 0.15) is 33.6 Å². The first-order chi connectivity index (χ1) is 8.17. The van der Waals surface area contributed by atoms with Crippen molar-refractivity contribution in [1.82, 2.24) is 10.2 Å². The topological polar surface area (TPSA) is 15.3 Å². The molecule has 0 bridgehead atoms. The lowest BCUT2D eigenvalue weighted by Crippen LogP contribution is -2.33. The number of hydrogen-bond donors (Lipinski definition) is 1. The molecule has 1 aliphatic rings. The normalized spacial score (nSPS) is 24.7. The largest absolute Gasteiger partial charge is 0.317 e. The van der Waals surface area contributed by atoms with Crippen LogP contribution in [-0.2, 0) is 0 Å². The van der Waals surface area contributed by atoms with Crippen molar-refractivity contribution in [2.75, 3.05) is 26.7 Å². The van der Waals surface area contributed by atoms with Gasteiger partial charge in [0, 0.05) is 19.1 Å². The lowest BCUT2D eigenvalue weighted by Gasteiger charge is -2.20. The Balaban J connectivity index is 2.34. The minimum Gasteiger partial charge on any atom is -0.317 e. The Bertz CT molecular complexity index is 268. The van der Waals surface area contributed by atoms with Crippen LogP contribution in [0.15, 0.2) is 23.8 Å². The molecule has 2 heteroatoms. The Morgan fingerprint density at radius 3 is 2.94 bits per heavy atom. The number of nitrogens with one attached hydrogen (secondary N) is 1. The highest BCUT2D eigenvalue weighted by Gasteiger charge is 2.25. The summed E-state index contributed by atoms with van der Waals surface area (Å²) < 4.78 is 0. The number of hydrogen-bond acceptors (Lipinski definition) is 2. The monoisotopic (exact) mass is 236 g/mol. The third kappa shape index (κ3) is 5.05. The maximum Gasteiger partial charge on any atom is 0.0193 e. The Kier molecular flexibility index (Phi) is 6.53. The summed E-state index contributed by atoms with van der Waals surface area (Å²) in [5.41, 5.74) is 1.47. The summed E-state index contributed by atoms with van der Waals surface area (Å²) in [7, 11) is 2.06. The van der Waals surface area contributed by atoms with Gasteiger partial charge in [0.1, 0.15) is 0 Å². The van der Waals surface area contributed by atoms with Gasteiger partial charge in [0.05, 0.1) is 0 Å². The first kappa shape index (κ1) is 14.5. The van der Waals surface area contributed by atoms with Crippen LogP contribution in [0.4, 0.5) is 0 Å². The number of allylic oxidation sites excluding steroid dienone is 3. The van der Waals surface area contributed by atoms with Crippen molar-refractivity contribution in [1.29, 1.82) is 0 Å². The van der Waals surface area contributed by atoms with Gasteiger partial charge in [-0.15, -0.1) is 0 Å². The van der Waals surface area contributed by atoms with E-state index in [9.17, 15) is 0 Å². The first-order valence-corrected chi connectivity index (χ1v) is 6.89. The van der Waals surface area contributed by atoms with E-state index < -0.39 is 0 Å². The van der Waals surface area contributed by atoms with Crippen LogP contribution < -0.4 is 5.32 Å². The molecule has 1 rings (SSSR count). The van der Waals surface area contributed by atoms with Crippen molar-refractivity contribution in [2.24, 2.45) is 5.92 Å². The molecule has 1 saturated heterocycles. The van der Waals surface area contributed by atoms with E-state index in [2.05, 4.69) is 56.3 Å². The van der Waals surface area contributed by atoms with Crippen LogP contribution in [0, 0.1) is 5.92 Å². The zero-order valence-corrected chi connectivity index (χ0v) is 11.9. The van der Waals surface area contributed by atoms with E-state index in [0.29, 0.717) is 6.04 Å². The lowest BCUT2D eigenvalue weighted by atomic mass is 10.0. The fourth-order valence-electron chi connectivity index (χ4n) is 2.42. The molecule has 1 N–H and O–H groups in total. The van der Waals surface area contributed by atoms with Crippen LogP contribution >= 0.6 is 0 Å². The number of nitrogens with zero attached hydrogens (tertiary/aromatic N) is 1. The average Bonchev–Trinajstić information content (AvgIpc) is 2.77. The molecule has 1 heterocycles. The molecule has 0 saturated carbocycles. The Hall–Kier alpha value is -0.600. The highest BCUT2D eigenvalue weighted by atomic mass is 15.1. The van der Waals surface area contributed by atoms with Gasteiger partial charge in [-0.3, -0.25) is 4.90 Å². The Morgan fingerprint density at radius 1 is 1.53 bits per heavy atom. The molecule has 0 aromatic heterocycles. The van der Waals surface area contributed by atoms with Gasteiger partial charge < -0.3 is 5.32 Å². The molecule has 1 unspecified atom stereocenters. The van der Waals surface area contributed by atoms with Crippen molar-refractivity contribution in [2.45, 2.75) is 39.7 Å². The second-order valence-electron chi connectivity index (χ2n) is 5.21. The minimum atomic E-state index is 0.643. The van der Waals surface area contributed by atoms with E-state index in [1.165, 1.54) is 25.1 Å². The third-order valence-corrected chi connectivity index (χ3v) is 3.70. The van der Waals surface area contributed by atoms with Crippen molar-refractivity contribution in [3.8, 4) is 0 Å². The first-order valence-electron chi connectivity index (χ1n) is 6.89. The molecular weight excluding hydrogens is 208 g/mol. The van der Waals surface area contributed by atoms with Gasteiger partial charge in [0.15, 0.2) is 0 Å². The molecule has 2 nitrogen and oxygen atoms in total. The molecule has 98 valence electrons. The SMILES string of the molecule is CC/C=C\C=C(/C)CN1CCC([C@H](C)NC)C1. The summed E-state index contributed by atoms with van der Waals surface area (Å²) in [6.45, 7) is 10.3. The van der Waals surface area contributed by atoms with Crippen LogP contribution in [0.25, 0.3) is 0 Å². The zero-order chi connectivity index (χ0) is 12.7. The van der Waals surface area contributed by atoms with E-state index in [0.717, 1.165) is 18.9 Å². The van der Waals surface area contributed by atoms with Crippen LogP contribution in [0.5, 0.6) is 0 Å². The number of likely N-dealkylation sites (tertiary alicyclic amines) is 1. The molecule has 0 aromatic rings. The van der Waals surface area contributed by atoms with E-state index in [4.69, 9.17) is 0 Å². The van der Waals surface area contributed by atoms with E-state index in [-0.39, 0.29) is 0 Å². The standard InChI is InChI=1S/C15H28N2/c1-5-6-7-8-13(2)11-17-10-9-15(12-17)14(3)16-4/h6-8,14-16H,5,9-12H2,1-4H3/b7-6-,13-8+/t14-,15?/m0/s1. The number of rotatable bonds is 6. The second-order valence-corrected chi connectivity index (χ2v) is 5.21. The molecule has 1 aliphatic heterocycles. The van der Waals surface area contributed by atoms with Gasteiger partial charge in [0.2, 0.25) is 0 Å².